The summed E-state index contributed by atoms with van der Waals surface area (Å²) in [4.78, 5) is 0.204. The van der Waals surface area contributed by atoms with Crippen LogP contribution in [0, 0.1) is 19.7 Å². The lowest BCUT2D eigenvalue weighted by Crippen LogP contribution is -2.23. The summed E-state index contributed by atoms with van der Waals surface area (Å²) in [6.45, 7) is 3.61. The summed E-state index contributed by atoms with van der Waals surface area (Å²) in [5.74, 6) is -0.336. The Bertz CT molecular complexity index is 709. The van der Waals surface area contributed by atoms with E-state index in [4.69, 9.17) is 0 Å². The van der Waals surface area contributed by atoms with E-state index < -0.39 is 10.0 Å². The van der Waals surface area contributed by atoms with Gasteiger partial charge in [-0.05, 0) is 43.2 Å². The fourth-order valence-electron chi connectivity index (χ4n) is 1.73. The van der Waals surface area contributed by atoms with Crippen LogP contribution in [0.3, 0.4) is 0 Å². The van der Waals surface area contributed by atoms with Crippen LogP contribution in [-0.4, -0.2) is 8.42 Å². The molecular weight excluding hydrogens is 277 g/mol. The molecule has 3 nitrogen and oxygen atoms in total. The van der Waals surface area contributed by atoms with Crippen LogP contribution in [0.4, 0.5) is 4.39 Å². The molecular formula is C15H16FNO2S. The molecule has 0 saturated heterocycles. The normalized spacial score (nSPS) is 11.6. The van der Waals surface area contributed by atoms with Crippen molar-refractivity contribution in [3.8, 4) is 0 Å². The average Bonchev–Trinajstić information content (AvgIpc) is 2.41. The number of halogens is 1. The molecule has 0 aliphatic carbocycles. The van der Waals surface area contributed by atoms with E-state index in [1.165, 1.54) is 6.07 Å². The van der Waals surface area contributed by atoms with E-state index in [1.54, 1.807) is 43.3 Å². The third-order valence-electron chi connectivity index (χ3n) is 3.03. The Morgan fingerprint density at radius 1 is 1.05 bits per heavy atom. The third kappa shape index (κ3) is 3.43. The van der Waals surface area contributed by atoms with Gasteiger partial charge in [0.2, 0.25) is 10.0 Å². The lowest BCUT2D eigenvalue weighted by Gasteiger charge is -2.08. The van der Waals surface area contributed by atoms with Gasteiger partial charge in [-0.15, -0.1) is 0 Å². The van der Waals surface area contributed by atoms with Gasteiger partial charge in [-0.25, -0.2) is 17.5 Å². The fraction of sp³-hybridized carbons (Fsp3) is 0.200. The smallest absolute Gasteiger partial charge is 0.207 e. The van der Waals surface area contributed by atoms with Crippen LogP contribution in [0.1, 0.15) is 16.7 Å². The maximum Gasteiger partial charge on any atom is 0.240 e. The molecule has 0 aromatic heterocycles. The van der Waals surface area contributed by atoms with E-state index in [0.717, 1.165) is 5.56 Å². The standard InChI is InChI=1S/C15H16FNO2S/c1-11-3-7-14(8-4-11)20(18,19)17-10-13-6-5-12(2)15(16)9-13/h3-9,17H,10H2,1-2H3. The van der Waals surface area contributed by atoms with Crippen LogP contribution in [0.2, 0.25) is 0 Å². The first-order valence-electron chi connectivity index (χ1n) is 6.20. The molecule has 2 rings (SSSR count). The molecule has 0 aliphatic heterocycles. The number of hydrogen-bond acceptors (Lipinski definition) is 2. The average molecular weight is 293 g/mol. The first-order valence-corrected chi connectivity index (χ1v) is 7.68. The van der Waals surface area contributed by atoms with Crippen molar-refractivity contribution in [3.05, 3.63) is 65.0 Å². The highest BCUT2D eigenvalue weighted by molar-refractivity contribution is 7.89. The molecule has 0 spiro atoms. The molecule has 0 fully saturated rings. The predicted octanol–water partition coefficient (Wildman–Crippen LogP) is 2.92. The first kappa shape index (κ1) is 14.7. The molecule has 0 aliphatic rings. The highest BCUT2D eigenvalue weighted by atomic mass is 32.2. The number of rotatable bonds is 4. The maximum absolute atomic E-state index is 13.4. The quantitative estimate of drug-likeness (QED) is 0.942. The Labute approximate surface area is 118 Å². The zero-order valence-corrected chi connectivity index (χ0v) is 12.2. The SMILES string of the molecule is Cc1ccc(S(=O)(=O)NCc2ccc(C)c(F)c2)cc1. The fourth-order valence-corrected chi connectivity index (χ4v) is 2.74. The van der Waals surface area contributed by atoms with E-state index in [1.807, 2.05) is 6.92 Å². The second-order valence-electron chi connectivity index (χ2n) is 4.72. The molecule has 0 radical (unpaired) electrons. The molecule has 0 bridgehead atoms. The van der Waals surface area contributed by atoms with Gasteiger partial charge in [0.05, 0.1) is 4.90 Å². The van der Waals surface area contributed by atoms with E-state index in [2.05, 4.69) is 4.72 Å². The minimum atomic E-state index is -3.57. The van der Waals surface area contributed by atoms with Crippen LogP contribution < -0.4 is 4.72 Å². The summed E-state index contributed by atoms with van der Waals surface area (Å²) in [6, 6.07) is 11.2. The zero-order chi connectivity index (χ0) is 14.8. The molecule has 2 aromatic carbocycles. The van der Waals surface area contributed by atoms with Crippen LogP contribution >= 0.6 is 0 Å². The predicted molar refractivity (Wildman–Crippen MR) is 76.3 cm³/mol. The van der Waals surface area contributed by atoms with Crippen molar-refractivity contribution < 1.29 is 12.8 Å². The van der Waals surface area contributed by atoms with Gasteiger partial charge in [0.1, 0.15) is 5.82 Å². The van der Waals surface area contributed by atoms with E-state index >= 15 is 0 Å². The van der Waals surface area contributed by atoms with Gasteiger partial charge >= 0.3 is 0 Å². The summed E-state index contributed by atoms with van der Waals surface area (Å²) in [5.41, 5.74) is 2.11. The molecule has 0 heterocycles. The maximum atomic E-state index is 13.4. The molecule has 1 N–H and O–H groups in total. The van der Waals surface area contributed by atoms with Crippen molar-refractivity contribution in [1.29, 1.82) is 0 Å². The molecule has 0 atom stereocenters. The van der Waals surface area contributed by atoms with E-state index in [9.17, 15) is 12.8 Å². The van der Waals surface area contributed by atoms with Crippen molar-refractivity contribution in [2.45, 2.75) is 25.3 Å². The van der Waals surface area contributed by atoms with Crippen molar-refractivity contribution >= 4 is 10.0 Å². The van der Waals surface area contributed by atoms with Crippen LogP contribution in [-0.2, 0) is 16.6 Å². The summed E-state index contributed by atoms with van der Waals surface area (Å²) in [7, 11) is -3.57. The third-order valence-corrected chi connectivity index (χ3v) is 4.45. The number of hydrogen-bond donors (Lipinski definition) is 1. The Hall–Kier alpha value is -1.72. The molecule has 0 saturated carbocycles. The molecule has 106 valence electrons. The second kappa shape index (κ2) is 5.73. The largest absolute Gasteiger partial charge is 0.240 e. The molecule has 0 unspecified atom stereocenters. The van der Waals surface area contributed by atoms with Gasteiger partial charge in [0.15, 0.2) is 0 Å². The Balaban J connectivity index is 2.13. The molecule has 5 heteroatoms. The zero-order valence-electron chi connectivity index (χ0n) is 11.4. The van der Waals surface area contributed by atoms with Crippen LogP contribution in [0.15, 0.2) is 47.4 Å². The van der Waals surface area contributed by atoms with Gasteiger partial charge in [-0.3, -0.25) is 0 Å². The van der Waals surface area contributed by atoms with E-state index in [-0.39, 0.29) is 17.3 Å². The van der Waals surface area contributed by atoms with Crippen LogP contribution in [0.25, 0.3) is 0 Å². The lowest BCUT2D eigenvalue weighted by atomic mass is 10.1. The molecule has 2 aromatic rings. The van der Waals surface area contributed by atoms with Crippen molar-refractivity contribution in [2.24, 2.45) is 0 Å². The summed E-state index contributed by atoms with van der Waals surface area (Å²) in [5, 5.41) is 0. The molecule has 20 heavy (non-hydrogen) atoms. The highest BCUT2D eigenvalue weighted by Crippen LogP contribution is 2.12. The Morgan fingerprint density at radius 3 is 2.30 bits per heavy atom. The summed E-state index contributed by atoms with van der Waals surface area (Å²) < 4.78 is 40.0. The molecule has 0 amide bonds. The minimum absolute atomic E-state index is 0.0629. The van der Waals surface area contributed by atoms with Crippen LogP contribution in [0.5, 0.6) is 0 Å². The van der Waals surface area contributed by atoms with Gasteiger partial charge < -0.3 is 0 Å². The number of benzene rings is 2. The van der Waals surface area contributed by atoms with E-state index in [0.29, 0.717) is 11.1 Å². The second-order valence-corrected chi connectivity index (χ2v) is 6.49. The van der Waals surface area contributed by atoms with Gasteiger partial charge in [-0.1, -0.05) is 29.8 Å². The Kier molecular flexibility index (Phi) is 4.20. The monoisotopic (exact) mass is 293 g/mol. The first-order chi connectivity index (χ1) is 9.38. The van der Waals surface area contributed by atoms with Gasteiger partial charge in [0.25, 0.3) is 0 Å². The van der Waals surface area contributed by atoms with Gasteiger partial charge in [0, 0.05) is 6.54 Å². The Morgan fingerprint density at radius 2 is 1.70 bits per heavy atom. The number of sulfonamides is 1. The van der Waals surface area contributed by atoms with Crippen molar-refractivity contribution in [2.75, 3.05) is 0 Å². The summed E-state index contributed by atoms with van der Waals surface area (Å²) in [6.07, 6.45) is 0. The number of nitrogens with one attached hydrogen (secondary N) is 1. The van der Waals surface area contributed by atoms with Crippen molar-refractivity contribution in [3.63, 3.8) is 0 Å². The topological polar surface area (TPSA) is 46.2 Å². The number of aryl methyl sites for hydroxylation is 2. The highest BCUT2D eigenvalue weighted by Gasteiger charge is 2.13. The minimum Gasteiger partial charge on any atom is -0.207 e. The van der Waals surface area contributed by atoms with Crippen molar-refractivity contribution in [1.82, 2.24) is 4.72 Å². The lowest BCUT2D eigenvalue weighted by molar-refractivity contribution is 0.580. The van der Waals surface area contributed by atoms with Gasteiger partial charge in [-0.2, -0.15) is 0 Å². The summed E-state index contributed by atoms with van der Waals surface area (Å²) >= 11 is 0.